The number of piperidine rings is 1. The van der Waals surface area contributed by atoms with Crippen LogP contribution in [0.15, 0.2) is 85.2 Å². The summed E-state index contributed by atoms with van der Waals surface area (Å²) in [6.07, 6.45) is 3.79. The minimum atomic E-state index is -1.04. The summed E-state index contributed by atoms with van der Waals surface area (Å²) in [5, 5.41) is 16.5. The van der Waals surface area contributed by atoms with E-state index in [2.05, 4.69) is 26.2 Å². The van der Waals surface area contributed by atoms with Crippen molar-refractivity contribution in [2.24, 2.45) is 0 Å². The van der Waals surface area contributed by atoms with Crippen molar-refractivity contribution >= 4 is 53.0 Å². The van der Waals surface area contributed by atoms with Crippen LogP contribution in [0.5, 0.6) is 0 Å². The number of fused-ring (bicyclic) bond motifs is 1. The van der Waals surface area contributed by atoms with Gasteiger partial charge < -0.3 is 39.4 Å². The van der Waals surface area contributed by atoms with E-state index in [4.69, 9.17) is 34.0 Å². The molecule has 4 aliphatic heterocycles. The first-order valence-corrected chi connectivity index (χ1v) is 25.8. The molecular weight excluding hydrogens is 996 g/mol. The summed E-state index contributed by atoms with van der Waals surface area (Å²) in [4.78, 5) is 93.7. The van der Waals surface area contributed by atoms with Gasteiger partial charge in [0.25, 0.3) is 11.8 Å². The molecule has 0 aliphatic carbocycles. The fourth-order valence-electron chi connectivity index (χ4n) is 10.0. The second kappa shape index (κ2) is 25.4. The Kier molecular flexibility index (Phi) is 17.9. The molecule has 5 aromatic rings. The molecule has 4 aliphatic rings. The largest absolute Gasteiger partial charge is 0.383 e. The molecule has 22 nitrogen and oxygen atoms in total. The Hall–Kier alpha value is -7.70. The minimum absolute atomic E-state index is 0.00632. The highest BCUT2D eigenvalue weighted by molar-refractivity contribution is 6.25. The topological polar surface area (TPSA) is 244 Å². The van der Waals surface area contributed by atoms with E-state index >= 15 is 0 Å². The van der Waals surface area contributed by atoms with Gasteiger partial charge in [-0.3, -0.25) is 44.4 Å². The number of piperazine rings is 1. The van der Waals surface area contributed by atoms with E-state index in [9.17, 15) is 33.2 Å². The number of imide groups is 2. The molecule has 1 unspecified atom stereocenters. The normalized spacial score (nSPS) is 18.7. The molecule has 23 heteroatoms. The van der Waals surface area contributed by atoms with Crippen LogP contribution in [0.3, 0.4) is 0 Å². The number of benzene rings is 3. The van der Waals surface area contributed by atoms with Crippen LogP contribution in [0.4, 0.5) is 26.6 Å². The van der Waals surface area contributed by atoms with Gasteiger partial charge in [-0.05, 0) is 55.3 Å². The Balaban J connectivity index is 0.677. The number of urea groups is 1. The number of carbonyl (C=O) groups excluding carboxylic acids is 6. The van der Waals surface area contributed by atoms with Crippen molar-refractivity contribution in [1.29, 1.82) is 0 Å². The molecule has 77 heavy (non-hydrogen) atoms. The molecular formula is C54H63FN12O10. The number of carbonyl (C=O) groups is 6. The summed E-state index contributed by atoms with van der Waals surface area (Å²) in [6.45, 7) is 8.59. The molecule has 9 rings (SSSR count). The summed E-state index contributed by atoms with van der Waals surface area (Å²) < 4.78 is 38.3. The van der Waals surface area contributed by atoms with Gasteiger partial charge in [-0.1, -0.05) is 36.4 Å². The summed E-state index contributed by atoms with van der Waals surface area (Å²) >= 11 is 0. The second-order valence-corrected chi connectivity index (χ2v) is 19.0. The van der Waals surface area contributed by atoms with Crippen molar-refractivity contribution in [3.05, 3.63) is 113 Å². The van der Waals surface area contributed by atoms with Crippen LogP contribution in [0.1, 0.15) is 57.0 Å². The zero-order valence-corrected chi connectivity index (χ0v) is 43.1. The lowest BCUT2D eigenvalue weighted by Gasteiger charge is -2.34. The Labute approximate surface area is 444 Å². The van der Waals surface area contributed by atoms with E-state index in [1.165, 1.54) is 12.1 Å². The average Bonchev–Trinajstić information content (AvgIpc) is 4.16. The van der Waals surface area contributed by atoms with Gasteiger partial charge in [0, 0.05) is 101 Å². The molecule has 0 radical (unpaired) electrons. The molecule has 2 aromatic heterocycles. The van der Waals surface area contributed by atoms with E-state index < -0.39 is 35.7 Å². The number of aromatic nitrogens is 4. The smallest absolute Gasteiger partial charge is 0.320 e. The van der Waals surface area contributed by atoms with Gasteiger partial charge >= 0.3 is 6.03 Å². The fraction of sp³-hybridized carbons (Fsp3) is 0.426. The van der Waals surface area contributed by atoms with E-state index in [-0.39, 0.29) is 60.7 Å². The van der Waals surface area contributed by atoms with E-state index in [1.54, 1.807) is 48.5 Å². The summed E-state index contributed by atoms with van der Waals surface area (Å²) in [5.41, 5.74) is 4.36. The van der Waals surface area contributed by atoms with Crippen molar-refractivity contribution in [3.8, 4) is 16.9 Å². The number of ether oxygens (including phenoxy) is 4. The highest BCUT2D eigenvalue weighted by Crippen LogP contribution is 2.34. The van der Waals surface area contributed by atoms with Crippen LogP contribution in [0.25, 0.3) is 16.9 Å². The fourth-order valence-corrected chi connectivity index (χ4v) is 10.0. The van der Waals surface area contributed by atoms with Crippen molar-refractivity contribution in [2.45, 2.75) is 44.2 Å². The lowest BCUT2D eigenvalue weighted by atomic mass is 9.94. The van der Waals surface area contributed by atoms with Gasteiger partial charge in [0.1, 0.15) is 23.4 Å². The Bertz CT molecular complexity index is 2920. The number of halogens is 1. The van der Waals surface area contributed by atoms with Crippen LogP contribution in [-0.2, 0) is 33.3 Å². The second-order valence-electron chi connectivity index (χ2n) is 19.0. The maximum atomic E-state index is 14.3. The SMILES string of the molecule is COCCN1C[C@@H](NC(=O)Nc2c(C)c(-c3cnc(N4CCN(C(=O)CCOCCOCCOCCNc5cccc6c5C(=O)N(C5CCC(=O)NC5=O)C6=O)CC4)nc3)nn2-c2ccccc2)[C@H](c2cccc(F)c2)C1. The molecule has 6 heterocycles. The molecule has 3 fully saturated rings. The quantitative estimate of drug-likeness (QED) is 0.0539. The number of para-hydroxylation sites is 1. The standard InChI is InChI=1S/C54H63FN12O10/c1-35-48(62-67(39-10-4-3-5-11-39)49(35)61-54(73)59-43-34-63(22-25-74-2)33-41(43)36-8-6-9-38(55)30-36)37-31-57-53(58-32-37)65-20-18-64(19-21-65)46(69)16-23-75-26-28-77-29-27-76-24-17-56-42-13-7-12-40-47(42)52(72)66(51(40)71)44-14-15-45(68)60-50(44)70/h3-13,30-32,41,43-44,56H,14-29,33-34H2,1-2H3,(H2,59,61,73)(H,60,68,70)/t41-,43+,44?/m0/s1. The van der Waals surface area contributed by atoms with Gasteiger partial charge in [-0.15, -0.1) is 0 Å². The number of rotatable bonds is 23. The molecule has 0 bridgehead atoms. The van der Waals surface area contributed by atoms with Gasteiger partial charge in [0.05, 0.1) is 75.5 Å². The van der Waals surface area contributed by atoms with Crippen molar-refractivity contribution in [3.63, 3.8) is 0 Å². The summed E-state index contributed by atoms with van der Waals surface area (Å²) in [5.74, 6) is -1.70. The molecule has 3 aromatic carbocycles. The van der Waals surface area contributed by atoms with Gasteiger partial charge in [0.15, 0.2) is 0 Å². The van der Waals surface area contributed by atoms with Crippen molar-refractivity contribution in [1.82, 2.24) is 45.1 Å². The Morgan fingerprint density at radius 1 is 0.818 bits per heavy atom. The van der Waals surface area contributed by atoms with Crippen LogP contribution < -0.4 is 26.2 Å². The number of nitrogens with zero attached hydrogens (tertiary/aromatic N) is 8. The molecule has 7 amide bonds. The third kappa shape index (κ3) is 12.9. The average molecular weight is 1060 g/mol. The number of anilines is 3. The first kappa shape index (κ1) is 54.1. The van der Waals surface area contributed by atoms with E-state index in [1.807, 2.05) is 53.1 Å². The van der Waals surface area contributed by atoms with Gasteiger partial charge in [-0.25, -0.2) is 23.8 Å². The van der Waals surface area contributed by atoms with Crippen LogP contribution >= 0.6 is 0 Å². The number of hydrogen-bond acceptors (Lipinski definition) is 16. The molecule has 3 saturated heterocycles. The van der Waals surface area contributed by atoms with Crippen LogP contribution in [-0.4, -0.2) is 188 Å². The third-order valence-electron chi connectivity index (χ3n) is 14.0. The zero-order chi connectivity index (χ0) is 53.8. The van der Waals surface area contributed by atoms with Crippen molar-refractivity contribution < 1.29 is 52.1 Å². The zero-order valence-electron chi connectivity index (χ0n) is 43.1. The van der Waals surface area contributed by atoms with E-state index in [0.717, 1.165) is 16.2 Å². The molecule has 0 spiro atoms. The number of amides is 7. The van der Waals surface area contributed by atoms with Gasteiger partial charge in [-0.2, -0.15) is 5.10 Å². The summed E-state index contributed by atoms with van der Waals surface area (Å²) in [6, 6.07) is 19.2. The number of likely N-dealkylation sites (tertiary alicyclic amines) is 1. The van der Waals surface area contributed by atoms with Crippen LogP contribution in [0, 0.1) is 12.7 Å². The lowest BCUT2D eigenvalue weighted by molar-refractivity contribution is -0.136. The number of nitrogens with one attached hydrogen (secondary N) is 4. The lowest BCUT2D eigenvalue weighted by Crippen LogP contribution is -2.54. The maximum absolute atomic E-state index is 14.3. The molecule has 3 atom stereocenters. The molecule has 0 saturated carbocycles. The predicted molar refractivity (Wildman–Crippen MR) is 280 cm³/mol. The number of methoxy groups -OCH3 is 1. The number of hydrogen-bond donors (Lipinski definition) is 4. The third-order valence-corrected chi connectivity index (χ3v) is 14.0. The van der Waals surface area contributed by atoms with E-state index in [0.29, 0.717) is 126 Å². The summed E-state index contributed by atoms with van der Waals surface area (Å²) in [7, 11) is 1.65. The highest BCUT2D eigenvalue weighted by atomic mass is 19.1. The van der Waals surface area contributed by atoms with Crippen LogP contribution in [0.2, 0.25) is 0 Å². The predicted octanol–water partition coefficient (Wildman–Crippen LogP) is 3.61. The minimum Gasteiger partial charge on any atom is -0.383 e. The monoisotopic (exact) mass is 1060 g/mol. The first-order chi connectivity index (χ1) is 37.5. The van der Waals surface area contributed by atoms with Gasteiger partial charge in [0.2, 0.25) is 23.7 Å². The Morgan fingerprint density at radius 3 is 2.27 bits per heavy atom. The first-order valence-electron chi connectivity index (χ1n) is 25.8. The highest BCUT2D eigenvalue weighted by Gasteiger charge is 2.45. The molecule has 4 N–H and O–H groups in total. The Morgan fingerprint density at radius 2 is 1.55 bits per heavy atom. The maximum Gasteiger partial charge on any atom is 0.320 e. The van der Waals surface area contributed by atoms with Crippen molar-refractivity contribution in [2.75, 3.05) is 121 Å². The molecule has 406 valence electrons.